The Kier molecular flexibility index (Phi) is 4.31. The summed E-state index contributed by atoms with van der Waals surface area (Å²) >= 11 is 0. The smallest absolute Gasteiger partial charge is 0.126 e. The molecule has 1 aromatic carbocycles. The van der Waals surface area contributed by atoms with Gasteiger partial charge in [0.1, 0.15) is 24.3 Å². The van der Waals surface area contributed by atoms with Crippen LogP contribution in [0.5, 0.6) is 5.75 Å². The fourth-order valence-electron chi connectivity index (χ4n) is 0.908. The van der Waals surface area contributed by atoms with Gasteiger partial charge in [-0.3, -0.25) is 0 Å². The molecule has 3 N–H and O–H groups in total. The highest BCUT2D eigenvalue weighted by Gasteiger charge is 2.04. The summed E-state index contributed by atoms with van der Waals surface area (Å²) in [5.41, 5.74) is 0. The van der Waals surface area contributed by atoms with Gasteiger partial charge in [-0.2, -0.15) is 0 Å². The SMILES string of the molecule is NOCC(O)COc1cccc(F)c1. The first-order valence-electron chi connectivity index (χ1n) is 4.10. The van der Waals surface area contributed by atoms with Gasteiger partial charge in [-0.15, -0.1) is 0 Å². The minimum absolute atomic E-state index is 0.0145. The topological polar surface area (TPSA) is 64.7 Å². The zero-order valence-electron chi connectivity index (χ0n) is 7.52. The van der Waals surface area contributed by atoms with Crippen LogP contribution in [-0.2, 0) is 4.84 Å². The lowest BCUT2D eigenvalue weighted by atomic mass is 10.3. The predicted molar refractivity (Wildman–Crippen MR) is 48.0 cm³/mol. The molecular formula is C9H12FNO3. The molecule has 0 saturated heterocycles. The molecule has 14 heavy (non-hydrogen) atoms. The molecular weight excluding hydrogens is 189 g/mol. The largest absolute Gasteiger partial charge is 0.491 e. The Morgan fingerprint density at radius 2 is 2.21 bits per heavy atom. The van der Waals surface area contributed by atoms with E-state index in [0.29, 0.717) is 5.75 Å². The van der Waals surface area contributed by atoms with Crippen molar-refractivity contribution in [1.29, 1.82) is 0 Å². The van der Waals surface area contributed by atoms with Gasteiger partial charge < -0.3 is 14.7 Å². The van der Waals surface area contributed by atoms with Gasteiger partial charge in [0.05, 0.1) is 6.61 Å². The van der Waals surface area contributed by atoms with Crippen molar-refractivity contribution in [3.8, 4) is 5.75 Å². The summed E-state index contributed by atoms with van der Waals surface area (Å²) in [4.78, 5) is 4.21. The Morgan fingerprint density at radius 1 is 1.43 bits per heavy atom. The Bertz CT molecular complexity index is 283. The van der Waals surface area contributed by atoms with Gasteiger partial charge in [0.15, 0.2) is 0 Å². The van der Waals surface area contributed by atoms with Crippen molar-refractivity contribution in [2.24, 2.45) is 5.90 Å². The molecule has 0 aliphatic heterocycles. The van der Waals surface area contributed by atoms with Gasteiger partial charge in [-0.05, 0) is 12.1 Å². The van der Waals surface area contributed by atoms with Crippen LogP contribution in [0.4, 0.5) is 4.39 Å². The third-order valence-electron chi connectivity index (χ3n) is 1.53. The molecule has 0 aliphatic carbocycles. The fraction of sp³-hybridized carbons (Fsp3) is 0.333. The molecule has 0 aliphatic rings. The van der Waals surface area contributed by atoms with Gasteiger partial charge in [-0.1, -0.05) is 6.07 Å². The van der Waals surface area contributed by atoms with Crippen LogP contribution in [0, 0.1) is 5.82 Å². The lowest BCUT2D eigenvalue weighted by molar-refractivity contribution is 0.0115. The van der Waals surface area contributed by atoms with E-state index in [1.165, 1.54) is 18.2 Å². The van der Waals surface area contributed by atoms with Crippen LogP contribution in [0.25, 0.3) is 0 Å². The average Bonchev–Trinajstić information content (AvgIpc) is 2.15. The molecule has 0 saturated carbocycles. The van der Waals surface area contributed by atoms with Crippen molar-refractivity contribution in [2.45, 2.75) is 6.10 Å². The molecule has 0 amide bonds. The van der Waals surface area contributed by atoms with Crippen LogP contribution in [0.1, 0.15) is 0 Å². The standard InChI is InChI=1S/C9H12FNO3/c10-7-2-1-3-9(4-7)13-5-8(12)6-14-11/h1-4,8,12H,5-6,11H2. The van der Waals surface area contributed by atoms with Gasteiger partial charge in [-0.25, -0.2) is 10.3 Å². The summed E-state index contributed by atoms with van der Waals surface area (Å²) in [6.45, 7) is -0.00400. The van der Waals surface area contributed by atoms with Crippen LogP contribution >= 0.6 is 0 Å². The number of ether oxygens (including phenoxy) is 1. The molecule has 1 rings (SSSR count). The number of benzene rings is 1. The zero-order chi connectivity index (χ0) is 10.4. The second kappa shape index (κ2) is 5.54. The van der Waals surface area contributed by atoms with Crippen molar-refractivity contribution in [2.75, 3.05) is 13.2 Å². The predicted octanol–water partition coefficient (Wildman–Crippen LogP) is 0.456. The van der Waals surface area contributed by atoms with E-state index in [1.54, 1.807) is 6.07 Å². The Balaban J connectivity index is 2.37. The van der Waals surface area contributed by atoms with Crippen molar-refractivity contribution in [3.05, 3.63) is 30.1 Å². The summed E-state index contributed by atoms with van der Waals surface area (Å²) in [5, 5.41) is 9.16. The number of hydrogen-bond acceptors (Lipinski definition) is 4. The maximum absolute atomic E-state index is 12.7. The summed E-state index contributed by atoms with van der Waals surface area (Å²) < 4.78 is 17.7. The van der Waals surface area contributed by atoms with Gasteiger partial charge in [0.25, 0.3) is 0 Å². The van der Waals surface area contributed by atoms with Gasteiger partial charge in [0, 0.05) is 6.07 Å². The maximum Gasteiger partial charge on any atom is 0.126 e. The van der Waals surface area contributed by atoms with E-state index >= 15 is 0 Å². The Hall–Kier alpha value is -1.17. The van der Waals surface area contributed by atoms with Crippen molar-refractivity contribution < 1.29 is 19.1 Å². The van der Waals surface area contributed by atoms with Crippen molar-refractivity contribution in [1.82, 2.24) is 0 Å². The van der Waals surface area contributed by atoms with Crippen molar-refractivity contribution in [3.63, 3.8) is 0 Å². The molecule has 1 atom stereocenters. The molecule has 5 heteroatoms. The second-order valence-electron chi connectivity index (χ2n) is 2.76. The van der Waals surface area contributed by atoms with Crippen LogP contribution in [0.3, 0.4) is 0 Å². The van der Waals surface area contributed by atoms with Crippen LogP contribution in [-0.4, -0.2) is 24.4 Å². The number of aliphatic hydroxyl groups is 1. The van der Waals surface area contributed by atoms with Gasteiger partial charge >= 0.3 is 0 Å². The molecule has 0 fully saturated rings. The fourth-order valence-corrected chi connectivity index (χ4v) is 0.908. The van der Waals surface area contributed by atoms with E-state index in [-0.39, 0.29) is 19.0 Å². The molecule has 4 nitrogen and oxygen atoms in total. The molecule has 0 radical (unpaired) electrons. The highest BCUT2D eigenvalue weighted by Crippen LogP contribution is 2.11. The van der Waals surface area contributed by atoms with E-state index in [1.807, 2.05) is 0 Å². The second-order valence-corrected chi connectivity index (χ2v) is 2.76. The minimum Gasteiger partial charge on any atom is -0.491 e. The molecule has 0 aromatic heterocycles. The molecule has 0 bridgehead atoms. The van der Waals surface area contributed by atoms with Gasteiger partial charge in [0.2, 0.25) is 0 Å². The van der Waals surface area contributed by atoms with Crippen LogP contribution in [0.2, 0.25) is 0 Å². The highest BCUT2D eigenvalue weighted by atomic mass is 19.1. The number of rotatable bonds is 5. The van der Waals surface area contributed by atoms with Crippen LogP contribution < -0.4 is 10.6 Å². The number of halogens is 1. The highest BCUT2D eigenvalue weighted by molar-refractivity contribution is 5.22. The zero-order valence-corrected chi connectivity index (χ0v) is 7.52. The van der Waals surface area contributed by atoms with E-state index in [0.717, 1.165) is 0 Å². The van der Waals surface area contributed by atoms with E-state index in [4.69, 9.17) is 15.7 Å². The first-order chi connectivity index (χ1) is 6.72. The molecule has 1 aromatic rings. The number of nitrogens with two attached hydrogens (primary N) is 1. The lowest BCUT2D eigenvalue weighted by Gasteiger charge is -2.10. The summed E-state index contributed by atoms with van der Waals surface area (Å²) in [6.07, 6.45) is -0.816. The molecule has 78 valence electrons. The lowest BCUT2D eigenvalue weighted by Crippen LogP contribution is -2.25. The first-order valence-corrected chi connectivity index (χ1v) is 4.10. The molecule has 1 unspecified atom stereocenters. The summed E-state index contributed by atoms with van der Waals surface area (Å²) in [7, 11) is 0. The molecule has 0 spiro atoms. The number of hydrogen-bond donors (Lipinski definition) is 2. The number of aliphatic hydroxyl groups excluding tert-OH is 1. The normalized spacial score (nSPS) is 12.5. The summed E-state index contributed by atoms with van der Waals surface area (Å²) in [5.74, 6) is 4.73. The minimum atomic E-state index is -0.816. The quantitative estimate of drug-likeness (QED) is 0.679. The molecule has 0 heterocycles. The summed E-state index contributed by atoms with van der Waals surface area (Å²) in [6, 6.07) is 5.66. The average molecular weight is 201 g/mol. The monoisotopic (exact) mass is 201 g/mol. The van der Waals surface area contributed by atoms with E-state index in [9.17, 15) is 4.39 Å². The first kappa shape index (κ1) is 10.9. The van der Waals surface area contributed by atoms with Crippen LogP contribution in [0.15, 0.2) is 24.3 Å². The Morgan fingerprint density at radius 3 is 2.86 bits per heavy atom. The Labute approximate surface area is 81.0 Å². The third-order valence-corrected chi connectivity index (χ3v) is 1.53. The van der Waals surface area contributed by atoms with E-state index in [2.05, 4.69) is 4.84 Å². The third kappa shape index (κ3) is 3.69. The maximum atomic E-state index is 12.7. The van der Waals surface area contributed by atoms with Crippen molar-refractivity contribution >= 4 is 0 Å². The van der Waals surface area contributed by atoms with E-state index < -0.39 is 6.10 Å².